The molecule has 4 heteroatoms. The molecule has 0 atom stereocenters. The van der Waals surface area contributed by atoms with Gasteiger partial charge in [-0.05, 0) is 33.2 Å². The van der Waals surface area contributed by atoms with Gasteiger partial charge >= 0.3 is 6.09 Å². The van der Waals surface area contributed by atoms with Crippen LogP contribution in [0.25, 0.3) is 0 Å². The van der Waals surface area contributed by atoms with Gasteiger partial charge in [0.15, 0.2) is 0 Å². The van der Waals surface area contributed by atoms with E-state index in [9.17, 15) is 4.79 Å². The van der Waals surface area contributed by atoms with Crippen molar-refractivity contribution < 1.29 is 9.53 Å². The second kappa shape index (κ2) is 8.81. The first kappa shape index (κ1) is 13.2. The summed E-state index contributed by atoms with van der Waals surface area (Å²) in [7, 11) is 0. The number of alkyl carbamates (subject to hydrolysis) is 1. The number of nitrogens with one attached hydrogen (secondary N) is 1. The lowest BCUT2D eigenvalue weighted by molar-refractivity contribution is 0.115. The average molecular weight is 202 g/mol. The molecule has 0 fully saturated rings. The molecule has 0 saturated heterocycles. The highest BCUT2D eigenvalue weighted by Crippen LogP contribution is 1.97. The van der Waals surface area contributed by atoms with E-state index in [-0.39, 0.29) is 12.2 Å². The van der Waals surface area contributed by atoms with Crippen molar-refractivity contribution in [1.82, 2.24) is 5.32 Å². The highest BCUT2D eigenvalue weighted by atomic mass is 16.6. The minimum absolute atomic E-state index is 0.0489. The fraction of sp³-hybridized carbons (Fsp3) is 0.900. The van der Waals surface area contributed by atoms with E-state index in [4.69, 9.17) is 10.5 Å². The molecule has 1 amide bonds. The lowest BCUT2D eigenvalue weighted by atomic mass is 10.2. The van der Waals surface area contributed by atoms with Crippen LogP contribution in [0.5, 0.6) is 0 Å². The molecule has 14 heavy (non-hydrogen) atoms. The minimum atomic E-state index is -0.321. The number of hydrogen-bond donors (Lipinski definition) is 2. The third-order valence-electron chi connectivity index (χ3n) is 1.74. The Balaban J connectivity index is 3.15. The van der Waals surface area contributed by atoms with Crippen LogP contribution in [0.15, 0.2) is 0 Å². The zero-order valence-electron chi connectivity index (χ0n) is 9.21. The molecule has 4 nitrogen and oxygen atoms in total. The maximum absolute atomic E-state index is 11.0. The number of carbonyl (C=O) groups is 1. The van der Waals surface area contributed by atoms with Crippen molar-refractivity contribution in [2.24, 2.45) is 5.73 Å². The van der Waals surface area contributed by atoms with Gasteiger partial charge in [0.25, 0.3) is 0 Å². The van der Waals surface area contributed by atoms with E-state index < -0.39 is 0 Å². The van der Waals surface area contributed by atoms with E-state index in [0.29, 0.717) is 6.54 Å². The van der Waals surface area contributed by atoms with E-state index in [0.717, 1.165) is 32.2 Å². The van der Waals surface area contributed by atoms with Gasteiger partial charge in [-0.25, -0.2) is 4.79 Å². The summed E-state index contributed by atoms with van der Waals surface area (Å²) in [4.78, 5) is 11.0. The summed E-state index contributed by atoms with van der Waals surface area (Å²) < 4.78 is 4.91. The number of unbranched alkanes of at least 4 members (excludes halogenated alkanes) is 3. The van der Waals surface area contributed by atoms with Crippen molar-refractivity contribution >= 4 is 6.09 Å². The standard InChI is InChI=1S/C10H22N2O2/c1-9(2)14-10(13)12-8-6-4-3-5-7-11/h9H,3-8,11H2,1-2H3,(H,12,13). The zero-order valence-corrected chi connectivity index (χ0v) is 9.21. The van der Waals surface area contributed by atoms with Gasteiger partial charge in [0.05, 0.1) is 6.10 Å². The van der Waals surface area contributed by atoms with Crippen LogP contribution in [0, 0.1) is 0 Å². The van der Waals surface area contributed by atoms with Gasteiger partial charge in [-0.3, -0.25) is 0 Å². The molecule has 0 aliphatic carbocycles. The Morgan fingerprint density at radius 3 is 2.50 bits per heavy atom. The van der Waals surface area contributed by atoms with Gasteiger partial charge in [-0.15, -0.1) is 0 Å². The molecule has 0 aliphatic rings. The largest absolute Gasteiger partial charge is 0.447 e. The van der Waals surface area contributed by atoms with Gasteiger partial charge in [0, 0.05) is 6.54 Å². The smallest absolute Gasteiger partial charge is 0.407 e. The normalized spacial score (nSPS) is 10.3. The summed E-state index contributed by atoms with van der Waals surface area (Å²) in [6.45, 7) is 5.11. The Labute approximate surface area is 86.2 Å². The van der Waals surface area contributed by atoms with Crippen molar-refractivity contribution in [3.05, 3.63) is 0 Å². The van der Waals surface area contributed by atoms with Crippen molar-refractivity contribution in [3.8, 4) is 0 Å². The Hall–Kier alpha value is -0.770. The second-order valence-corrected chi connectivity index (χ2v) is 3.58. The van der Waals surface area contributed by atoms with Crippen molar-refractivity contribution in [1.29, 1.82) is 0 Å². The van der Waals surface area contributed by atoms with Crippen LogP contribution in [-0.4, -0.2) is 25.3 Å². The number of amides is 1. The van der Waals surface area contributed by atoms with Crippen molar-refractivity contribution in [3.63, 3.8) is 0 Å². The predicted molar refractivity (Wildman–Crippen MR) is 57.1 cm³/mol. The van der Waals surface area contributed by atoms with Crippen LogP contribution in [-0.2, 0) is 4.74 Å². The average Bonchev–Trinajstić information content (AvgIpc) is 2.10. The van der Waals surface area contributed by atoms with Crippen LogP contribution < -0.4 is 11.1 Å². The zero-order chi connectivity index (χ0) is 10.8. The first-order valence-electron chi connectivity index (χ1n) is 5.31. The summed E-state index contributed by atoms with van der Waals surface area (Å²) in [5.74, 6) is 0. The number of nitrogens with two attached hydrogens (primary N) is 1. The lowest BCUT2D eigenvalue weighted by Gasteiger charge is -2.08. The fourth-order valence-corrected chi connectivity index (χ4v) is 1.07. The van der Waals surface area contributed by atoms with Crippen molar-refractivity contribution in [2.45, 2.75) is 45.6 Å². The molecule has 84 valence electrons. The first-order valence-corrected chi connectivity index (χ1v) is 5.31. The molecule has 0 bridgehead atoms. The van der Waals surface area contributed by atoms with Crippen LogP contribution in [0.3, 0.4) is 0 Å². The van der Waals surface area contributed by atoms with Crippen LogP contribution in [0.4, 0.5) is 4.79 Å². The Morgan fingerprint density at radius 1 is 1.29 bits per heavy atom. The number of carbonyl (C=O) groups excluding carboxylic acids is 1. The fourth-order valence-electron chi connectivity index (χ4n) is 1.07. The Bertz CT molecular complexity index is 149. The summed E-state index contributed by atoms with van der Waals surface area (Å²) in [5, 5.41) is 2.70. The lowest BCUT2D eigenvalue weighted by Crippen LogP contribution is -2.27. The second-order valence-electron chi connectivity index (χ2n) is 3.58. The number of ether oxygens (including phenoxy) is 1. The molecule has 0 aromatic heterocycles. The molecule has 0 aromatic rings. The van der Waals surface area contributed by atoms with E-state index in [1.807, 2.05) is 13.8 Å². The van der Waals surface area contributed by atoms with Crippen LogP contribution in [0.2, 0.25) is 0 Å². The summed E-state index contributed by atoms with van der Waals surface area (Å²) in [6, 6.07) is 0. The van der Waals surface area contributed by atoms with Crippen molar-refractivity contribution in [2.75, 3.05) is 13.1 Å². The molecular weight excluding hydrogens is 180 g/mol. The molecule has 0 rings (SSSR count). The van der Waals surface area contributed by atoms with Crippen LogP contribution >= 0.6 is 0 Å². The molecular formula is C10H22N2O2. The summed E-state index contributed by atoms with van der Waals surface area (Å²) in [5.41, 5.74) is 5.36. The first-order chi connectivity index (χ1) is 6.66. The van der Waals surface area contributed by atoms with Gasteiger partial charge in [-0.2, -0.15) is 0 Å². The maximum Gasteiger partial charge on any atom is 0.407 e. The molecule has 0 aromatic carbocycles. The predicted octanol–water partition coefficient (Wildman–Crippen LogP) is 1.64. The van der Waals surface area contributed by atoms with Gasteiger partial charge in [-0.1, -0.05) is 12.8 Å². The molecule has 0 aliphatic heterocycles. The molecule has 3 N–H and O–H groups in total. The Morgan fingerprint density at radius 2 is 1.93 bits per heavy atom. The van der Waals surface area contributed by atoms with Gasteiger partial charge in [0.2, 0.25) is 0 Å². The third kappa shape index (κ3) is 9.32. The number of hydrogen-bond acceptors (Lipinski definition) is 3. The highest BCUT2D eigenvalue weighted by Gasteiger charge is 2.02. The van der Waals surface area contributed by atoms with E-state index in [1.54, 1.807) is 0 Å². The maximum atomic E-state index is 11.0. The molecule has 0 saturated carbocycles. The van der Waals surface area contributed by atoms with Crippen LogP contribution in [0.1, 0.15) is 39.5 Å². The van der Waals surface area contributed by atoms with Gasteiger partial charge < -0.3 is 15.8 Å². The topological polar surface area (TPSA) is 64.3 Å². The van der Waals surface area contributed by atoms with E-state index >= 15 is 0 Å². The van der Waals surface area contributed by atoms with E-state index in [1.165, 1.54) is 0 Å². The van der Waals surface area contributed by atoms with E-state index in [2.05, 4.69) is 5.32 Å². The molecule has 0 heterocycles. The SMILES string of the molecule is CC(C)OC(=O)NCCCCCCN. The monoisotopic (exact) mass is 202 g/mol. The quantitative estimate of drug-likeness (QED) is 0.617. The summed E-state index contributed by atoms with van der Waals surface area (Å²) in [6.07, 6.45) is 3.94. The molecule has 0 radical (unpaired) electrons. The Kier molecular flexibility index (Phi) is 8.33. The molecule has 0 unspecified atom stereocenters. The summed E-state index contributed by atoms with van der Waals surface area (Å²) >= 11 is 0. The number of rotatable bonds is 7. The molecule has 0 spiro atoms. The highest BCUT2D eigenvalue weighted by molar-refractivity contribution is 5.67. The minimum Gasteiger partial charge on any atom is -0.447 e. The van der Waals surface area contributed by atoms with Gasteiger partial charge in [0.1, 0.15) is 0 Å². The third-order valence-corrected chi connectivity index (χ3v) is 1.74.